The molecule has 1 heterocycles. The Morgan fingerprint density at radius 3 is 1.10 bits per heavy atom. The number of fused-ring (bicyclic) bond motifs is 4. The lowest BCUT2D eigenvalue weighted by atomic mass is 9.34. The van der Waals surface area contributed by atoms with E-state index in [4.69, 9.17) is 4.74 Å². The van der Waals surface area contributed by atoms with Gasteiger partial charge >= 0.3 is 0 Å². The fourth-order valence-corrected chi connectivity index (χ4v) is 13.1. The summed E-state index contributed by atoms with van der Waals surface area (Å²) in [6.45, 7) is 27.3. The zero-order valence-electron chi connectivity index (χ0n) is 43.6. The first-order chi connectivity index (χ1) is 34.1. The fraction of sp³-hybridized carbons (Fsp3) is 0.176. The van der Waals surface area contributed by atoms with Crippen molar-refractivity contribution in [2.75, 3.05) is 0 Å². The van der Waals surface area contributed by atoms with Gasteiger partial charge in [0, 0.05) is 10.9 Å². The van der Waals surface area contributed by atoms with E-state index < -0.39 is 0 Å². The summed E-state index contributed by atoms with van der Waals surface area (Å²) in [6.07, 6.45) is 0. The Balaban J connectivity index is 0.935. The molecule has 346 valence electrons. The number of aryl methyl sites for hydroxylation is 12. The van der Waals surface area contributed by atoms with Crippen molar-refractivity contribution in [3.63, 3.8) is 0 Å². The lowest BCUT2D eigenvalue weighted by molar-refractivity contribution is 0.487. The van der Waals surface area contributed by atoms with E-state index in [1.54, 1.807) is 0 Å². The van der Waals surface area contributed by atoms with E-state index in [9.17, 15) is 0 Å². The summed E-state index contributed by atoms with van der Waals surface area (Å²) in [5.74, 6) is 1.79. The van der Waals surface area contributed by atoms with Gasteiger partial charge in [-0.15, -0.1) is 0 Å². The number of ether oxygens (including phenoxy) is 1. The zero-order valence-corrected chi connectivity index (χ0v) is 43.6. The van der Waals surface area contributed by atoms with Gasteiger partial charge in [-0.25, -0.2) is 0 Å². The molecule has 1 aliphatic heterocycles. The minimum atomic E-state index is 0.134. The number of hydrogen-bond acceptors (Lipinski definition) is 1. The van der Waals surface area contributed by atoms with Crippen molar-refractivity contribution in [1.29, 1.82) is 0 Å². The molecule has 10 aromatic rings. The van der Waals surface area contributed by atoms with Gasteiger partial charge in [0.15, 0.2) is 0 Å². The standard InChI is InChI=1S/C68H62B2O/c1-39-28-43(5)65(44(6)29-39)69(66-45(7)30-40(2)31-46(66)8)56-23-18-51(19-24-56)53-16-17-55-37-61-58-27-22-54(38-63(58)71-62-15-13-14-59(64(61)62)60(55)36-53)52-20-25-57(26-21-52)70(67-47(9)32-41(3)33-48(67)10)68-49(11)34-42(4)35-50(68)12/h13-38H,1-12H3. The van der Waals surface area contributed by atoms with Crippen molar-refractivity contribution < 1.29 is 4.74 Å². The highest BCUT2D eigenvalue weighted by molar-refractivity contribution is 6.97. The normalized spacial score (nSPS) is 11.8. The number of benzene rings is 10. The van der Waals surface area contributed by atoms with Crippen molar-refractivity contribution in [3.05, 3.63) is 224 Å². The first-order valence-electron chi connectivity index (χ1n) is 25.4. The van der Waals surface area contributed by atoms with Crippen LogP contribution >= 0.6 is 0 Å². The molecule has 0 fully saturated rings. The van der Waals surface area contributed by atoms with Crippen molar-refractivity contribution in [2.45, 2.75) is 83.1 Å². The first kappa shape index (κ1) is 46.1. The Kier molecular flexibility index (Phi) is 11.5. The first-order valence-corrected chi connectivity index (χ1v) is 25.4. The van der Waals surface area contributed by atoms with Crippen molar-refractivity contribution >= 4 is 67.7 Å². The summed E-state index contributed by atoms with van der Waals surface area (Å²) in [4.78, 5) is 0. The molecular formula is C68H62B2O. The van der Waals surface area contributed by atoms with Crippen LogP contribution in [0.4, 0.5) is 0 Å². The molecule has 0 unspecified atom stereocenters. The quantitative estimate of drug-likeness (QED) is 0.109. The molecule has 0 radical (unpaired) electrons. The lowest BCUT2D eigenvalue weighted by Gasteiger charge is -2.25. The van der Waals surface area contributed by atoms with Crippen LogP contribution in [-0.4, -0.2) is 13.4 Å². The third kappa shape index (κ3) is 8.10. The molecule has 0 aliphatic carbocycles. The molecule has 0 saturated carbocycles. The molecule has 0 bridgehead atoms. The van der Waals surface area contributed by atoms with Gasteiger partial charge in [-0.1, -0.05) is 227 Å². The van der Waals surface area contributed by atoms with Gasteiger partial charge in [-0.3, -0.25) is 0 Å². The van der Waals surface area contributed by atoms with Gasteiger partial charge < -0.3 is 4.74 Å². The van der Waals surface area contributed by atoms with E-state index in [2.05, 4.69) is 241 Å². The van der Waals surface area contributed by atoms with E-state index in [-0.39, 0.29) is 13.4 Å². The van der Waals surface area contributed by atoms with E-state index in [0.29, 0.717) is 0 Å². The molecule has 0 saturated heterocycles. The smallest absolute Gasteiger partial charge is 0.242 e. The fourth-order valence-electron chi connectivity index (χ4n) is 13.1. The van der Waals surface area contributed by atoms with Gasteiger partial charge in [-0.2, -0.15) is 0 Å². The van der Waals surface area contributed by atoms with Gasteiger partial charge in [0.25, 0.3) is 0 Å². The Bertz CT molecular complexity index is 3590. The van der Waals surface area contributed by atoms with Crippen molar-refractivity contribution in [3.8, 4) is 44.9 Å². The van der Waals surface area contributed by atoms with Gasteiger partial charge in [0.2, 0.25) is 13.4 Å². The van der Waals surface area contributed by atoms with Gasteiger partial charge in [0.1, 0.15) is 11.5 Å². The van der Waals surface area contributed by atoms with E-state index in [0.717, 1.165) is 22.6 Å². The Hall–Kier alpha value is -7.35. The average molecular weight is 917 g/mol. The average Bonchev–Trinajstić information content (AvgIpc) is 3.32. The summed E-state index contributed by atoms with van der Waals surface area (Å²) in [5.41, 5.74) is 31.3. The minimum absolute atomic E-state index is 0.134. The molecular weight excluding hydrogens is 854 g/mol. The van der Waals surface area contributed by atoms with E-state index >= 15 is 0 Å². The van der Waals surface area contributed by atoms with Gasteiger partial charge in [-0.05, 0) is 157 Å². The van der Waals surface area contributed by atoms with Crippen LogP contribution < -0.4 is 37.5 Å². The van der Waals surface area contributed by atoms with Gasteiger partial charge in [0.05, 0.1) is 0 Å². The molecule has 0 N–H and O–H groups in total. The third-order valence-corrected chi connectivity index (χ3v) is 15.7. The maximum absolute atomic E-state index is 6.88. The zero-order chi connectivity index (χ0) is 49.6. The number of hydrogen-bond donors (Lipinski definition) is 0. The van der Waals surface area contributed by atoms with Crippen LogP contribution in [0.5, 0.6) is 11.5 Å². The van der Waals surface area contributed by atoms with Crippen LogP contribution in [0.2, 0.25) is 0 Å². The maximum Gasteiger partial charge on any atom is 0.242 e. The van der Waals surface area contributed by atoms with Crippen LogP contribution in [-0.2, 0) is 0 Å². The Labute approximate surface area is 422 Å². The minimum Gasteiger partial charge on any atom is -0.456 e. The highest BCUT2D eigenvalue weighted by Gasteiger charge is 2.31. The van der Waals surface area contributed by atoms with Crippen molar-refractivity contribution in [2.24, 2.45) is 0 Å². The van der Waals surface area contributed by atoms with Crippen LogP contribution in [0.3, 0.4) is 0 Å². The van der Waals surface area contributed by atoms with Crippen molar-refractivity contribution in [1.82, 2.24) is 0 Å². The predicted octanol–water partition coefficient (Wildman–Crippen LogP) is 13.8. The highest BCUT2D eigenvalue weighted by atomic mass is 16.5. The second-order valence-corrected chi connectivity index (χ2v) is 21.2. The van der Waals surface area contributed by atoms with E-state index in [1.807, 2.05) is 0 Å². The molecule has 0 amide bonds. The second-order valence-electron chi connectivity index (χ2n) is 21.2. The summed E-state index contributed by atoms with van der Waals surface area (Å²) in [6, 6.07) is 60.0. The Morgan fingerprint density at radius 2 is 0.676 bits per heavy atom. The van der Waals surface area contributed by atoms with E-state index in [1.165, 1.54) is 143 Å². The maximum atomic E-state index is 6.88. The third-order valence-electron chi connectivity index (χ3n) is 15.7. The molecule has 0 atom stereocenters. The molecule has 11 rings (SSSR count). The van der Waals surface area contributed by atoms with Crippen LogP contribution in [0.15, 0.2) is 158 Å². The molecule has 3 heteroatoms. The van der Waals surface area contributed by atoms with Crippen LogP contribution in [0.25, 0.3) is 54.9 Å². The summed E-state index contributed by atoms with van der Waals surface area (Å²) < 4.78 is 6.88. The topological polar surface area (TPSA) is 9.23 Å². The molecule has 1 nitrogen and oxygen atoms in total. The Morgan fingerprint density at radius 1 is 0.296 bits per heavy atom. The largest absolute Gasteiger partial charge is 0.456 e. The molecule has 1 aliphatic rings. The van der Waals surface area contributed by atoms with Crippen LogP contribution in [0.1, 0.15) is 66.8 Å². The SMILES string of the molecule is Cc1cc(C)c(B(c2ccc(-c3ccc4c(c3)Oc3cccc5c3c-4cc3ccc(-c4ccc(B(c6c(C)cc(C)cc6C)c6c(C)cc(C)cc6C)cc4)cc35)cc2)c2c(C)cc(C)cc2C)c(C)c1. The molecule has 10 aromatic carbocycles. The summed E-state index contributed by atoms with van der Waals surface area (Å²) in [7, 11) is 0. The molecule has 71 heavy (non-hydrogen) atoms. The predicted molar refractivity (Wildman–Crippen MR) is 310 cm³/mol. The highest BCUT2D eigenvalue weighted by Crippen LogP contribution is 2.50. The molecule has 0 spiro atoms. The monoisotopic (exact) mass is 916 g/mol. The van der Waals surface area contributed by atoms with Crippen LogP contribution in [0, 0.1) is 83.1 Å². The lowest BCUT2D eigenvalue weighted by Crippen LogP contribution is -2.55. The second kappa shape index (κ2) is 17.8. The molecule has 0 aromatic heterocycles. The summed E-state index contributed by atoms with van der Waals surface area (Å²) in [5, 5.41) is 4.83. The summed E-state index contributed by atoms with van der Waals surface area (Å²) >= 11 is 0. The number of rotatable bonds is 8.